The van der Waals surface area contributed by atoms with E-state index < -0.39 is 35.3 Å². The van der Waals surface area contributed by atoms with E-state index in [9.17, 15) is 27.6 Å². The van der Waals surface area contributed by atoms with Gasteiger partial charge in [-0.3, -0.25) is 25.2 Å². The van der Waals surface area contributed by atoms with Crippen LogP contribution in [0.4, 0.5) is 18.9 Å². The summed E-state index contributed by atoms with van der Waals surface area (Å²) < 4.78 is 40.8. The Balaban J connectivity index is 2.07. The monoisotopic (exact) mass is 578 g/mol. The first-order valence-electron chi connectivity index (χ1n) is 9.04. The molecular formula is C19H12BrCl2F3N6O3. The van der Waals surface area contributed by atoms with Gasteiger partial charge >= 0.3 is 6.18 Å². The average molecular weight is 580 g/mol. The molecule has 0 unspecified atom stereocenters. The fourth-order valence-corrected chi connectivity index (χ4v) is 3.76. The standard InChI is InChI=1S/C19H12BrCl2F3N6O3/c1-8(32)28-29-17(33)10-5-9(21)6-11(20)15(10)27-18(34)13-7-14(19(23,24)25)30-31(13)16-12(22)3-2-4-26-16/h2-7H,1H3,(H,27,34)(H,28,32)(H,29,33). The zero-order chi connectivity index (χ0) is 25.2. The molecule has 15 heteroatoms. The van der Waals surface area contributed by atoms with Crippen molar-refractivity contribution in [1.29, 1.82) is 0 Å². The predicted octanol–water partition coefficient (Wildman–Crippen LogP) is 4.39. The lowest BCUT2D eigenvalue weighted by molar-refractivity contribution is -0.141. The number of nitrogens with zero attached hydrogens (tertiary/aromatic N) is 3. The maximum Gasteiger partial charge on any atom is 0.435 e. The Morgan fingerprint density at radius 1 is 1.09 bits per heavy atom. The highest BCUT2D eigenvalue weighted by atomic mass is 79.9. The van der Waals surface area contributed by atoms with Crippen molar-refractivity contribution in [2.45, 2.75) is 13.1 Å². The van der Waals surface area contributed by atoms with Crippen LogP contribution >= 0.6 is 39.1 Å². The van der Waals surface area contributed by atoms with E-state index in [0.29, 0.717) is 10.7 Å². The van der Waals surface area contributed by atoms with Crippen LogP contribution in [0.1, 0.15) is 33.5 Å². The summed E-state index contributed by atoms with van der Waals surface area (Å²) in [7, 11) is 0. The Morgan fingerprint density at radius 3 is 2.41 bits per heavy atom. The van der Waals surface area contributed by atoms with Gasteiger partial charge in [0.2, 0.25) is 5.91 Å². The van der Waals surface area contributed by atoms with Gasteiger partial charge in [-0.05, 0) is 40.2 Å². The van der Waals surface area contributed by atoms with Gasteiger partial charge in [0.15, 0.2) is 11.5 Å². The molecule has 2 heterocycles. The highest BCUT2D eigenvalue weighted by Gasteiger charge is 2.37. The molecule has 0 aliphatic carbocycles. The molecule has 0 aliphatic rings. The molecule has 0 spiro atoms. The Morgan fingerprint density at radius 2 is 1.79 bits per heavy atom. The van der Waals surface area contributed by atoms with E-state index in [1.54, 1.807) is 0 Å². The molecule has 3 rings (SSSR count). The van der Waals surface area contributed by atoms with Crippen LogP contribution in [0.3, 0.4) is 0 Å². The number of anilines is 1. The summed E-state index contributed by atoms with van der Waals surface area (Å²) in [4.78, 5) is 40.6. The number of carbonyl (C=O) groups is 3. The summed E-state index contributed by atoms with van der Waals surface area (Å²) in [5.74, 6) is -2.72. The van der Waals surface area contributed by atoms with Crippen molar-refractivity contribution < 1.29 is 27.6 Å². The number of nitrogens with one attached hydrogen (secondary N) is 3. The molecule has 9 nitrogen and oxygen atoms in total. The number of hydrogen-bond donors (Lipinski definition) is 3. The Kier molecular flexibility index (Phi) is 7.48. The van der Waals surface area contributed by atoms with Crippen molar-refractivity contribution in [3.63, 3.8) is 0 Å². The molecule has 3 N–H and O–H groups in total. The van der Waals surface area contributed by atoms with Crippen molar-refractivity contribution >= 4 is 62.5 Å². The number of benzene rings is 1. The summed E-state index contributed by atoms with van der Waals surface area (Å²) in [6, 6.07) is 5.86. The number of hydrazine groups is 1. The normalized spacial score (nSPS) is 11.1. The van der Waals surface area contributed by atoms with Crippen molar-refractivity contribution in [1.82, 2.24) is 25.6 Å². The van der Waals surface area contributed by atoms with Crippen LogP contribution in [0.5, 0.6) is 0 Å². The molecule has 0 fully saturated rings. The van der Waals surface area contributed by atoms with Crippen LogP contribution in [0, 0.1) is 0 Å². The number of pyridine rings is 1. The van der Waals surface area contributed by atoms with Crippen molar-refractivity contribution in [3.05, 3.63) is 68.0 Å². The number of carbonyl (C=O) groups excluding carboxylic acids is 3. The van der Waals surface area contributed by atoms with Crippen molar-refractivity contribution in [3.8, 4) is 5.82 Å². The van der Waals surface area contributed by atoms with E-state index in [-0.39, 0.29) is 31.6 Å². The highest BCUT2D eigenvalue weighted by Crippen LogP contribution is 2.33. The third-order valence-corrected chi connectivity index (χ3v) is 5.20. The molecule has 0 saturated carbocycles. The fraction of sp³-hybridized carbons (Fsp3) is 0.105. The largest absolute Gasteiger partial charge is 0.435 e. The minimum atomic E-state index is -4.87. The summed E-state index contributed by atoms with van der Waals surface area (Å²) in [6.07, 6.45) is -3.61. The van der Waals surface area contributed by atoms with Gasteiger partial charge in [0, 0.05) is 28.7 Å². The van der Waals surface area contributed by atoms with Gasteiger partial charge in [-0.25, -0.2) is 9.67 Å². The second-order valence-electron chi connectivity index (χ2n) is 6.53. The maximum atomic E-state index is 13.3. The molecule has 0 atom stereocenters. The van der Waals surface area contributed by atoms with Crippen LogP contribution in [-0.2, 0) is 11.0 Å². The molecule has 178 valence electrons. The van der Waals surface area contributed by atoms with Gasteiger partial charge in [0.1, 0.15) is 5.69 Å². The van der Waals surface area contributed by atoms with Gasteiger partial charge in [0.05, 0.1) is 16.3 Å². The van der Waals surface area contributed by atoms with Gasteiger partial charge in [0.25, 0.3) is 11.8 Å². The molecule has 3 aromatic rings. The molecule has 0 bridgehead atoms. The minimum Gasteiger partial charge on any atom is -0.319 e. The number of amides is 3. The van der Waals surface area contributed by atoms with Crippen LogP contribution in [0.2, 0.25) is 10.0 Å². The van der Waals surface area contributed by atoms with Crippen molar-refractivity contribution in [2.75, 3.05) is 5.32 Å². The Bertz CT molecular complexity index is 1300. The first-order valence-corrected chi connectivity index (χ1v) is 10.6. The summed E-state index contributed by atoms with van der Waals surface area (Å²) in [5.41, 5.74) is 1.93. The van der Waals surface area contributed by atoms with Crippen LogP contribution < -0.4 is 16.2 Å². The first-order chi connectivity index (χ1) is 15.9. The summed E-state index contributed by atoms with van der Waals surface area (Å²) in [5, 5.41) is 5.85. The SMILES string of the molecule is CC(=O)NNC(=O)c1cc(Cl)cc(Br)c1NC(=O)c1cc(C(F)(F)F)nn1-c1ncccc1Cl. The number of halogens is 6. The van der Waals surface area contributed by atoms with Gasteiger partial charge in [-0.15, -0.1) is 0 Å². The van der Waals surface area contributed by atoms with Crippen LogP contribution in [-0.4, -0.2) is 32.5 Å². The molecule has 0 saturated heterocycles. The number of hydrogen-bond acceptors (Lipinski definition) is 5. The minimum absolute atomic E-state index is 0.0589. The third-order valence-electron chi connectivity index (χ3n) is 4.06. The quantitative estimate of drug-likeness (QED) is 0.396. The lowest BCUT2D eigenvalue weighted by atomic mass is 10.1. The van der Waals surface area contributed by atoms with Gasteiger partial charge < -0.3 is 5.32 Å². The molecule has 2 aromatic heterocycles. The lowest BCUT2D eigenvalue weighted by Gasteiger charge is -2.14. The lowest BCUT2D eigenvalue weighted by Crippen LogP contribution is -2.40. The average Bonchev–Trinajstić information content (AvgIpc) is 3.20. The molecule has 0 radical (unpaired) electrons. The van der Waals surface area contributed by atoms with E-state index in [1.807, 2.05) is 0 Å². The molecule has 34 heavy (non-hydrogen) atoms. The predicted molar refractivity (Wildman–Crippen MR) is 120 cm³/mol. The van der Waals surface area contributed by atoms with Gasteiger partial charge in [-0.2, -0.15) is 18.3 Å². The molecule has 1 aromatic carbocycles. The van der Waals surface area contributed by atoms with E-state index in [1.165, 1.54) is 30.5 Å². The zero-order valence-corrected chi connectivity index (χ0v) is 19.9. The smallest absolute Gasteiger partial charge is 0.319 e. The summed E-state index contributed by atoms with van der Waals surface area (Å²) >= 11 is 15.2. The van der Waals surface area contributed by atoms with E-state index in [2.05, 4.69) is 42.2 Å². The second-order valence-corrected chi connectivity index (χ2v) is 8.23. The third kappa shape index (κ3) is 5.66. The first kappa shape index (κ1) is 25.5. The van der Waals surface area contributed by atoms with E-state index in [4.69, 9.17) is 23.2 Å². The molecule has 3 amide bonds. The number of aromatic nitrogens is 3. The molecular weight excluding hydrogens is 568 g/mol. The topological polar surface area (TPSA) is 118 Å². The van der Waals surface area contributed by atoms with E-state index >= 15 is 0 Å². The zero-order valence-electron chi connectivity index (χ0n) is 16.8. The van der Waals surface area contributed by atoms with E-state index in [0.717, 1.165) is 6.92 Å². The number of rotatable bonds is 4. The maximum absolute atomic E-state index is 13.3. The second kappa shape index (κ2) is 9.99. The highest BCUT2D eigenvalue weighted by molar-refractivity contribution is 9.10. The fourth-order valence-electron chi connectivity index (χ4n) is 2.65. The summed E-state index contributed by atoms with van der Waals surface area (Å²) in [6.45, 7) is 1.15. The Labute approximate surface area is 207 Å². The molecule has 0 aliphatic heterocycles. The van der Waals surface area contributed by atoms with Crippen molar-refractivity contribution in [2.24, 2.45) is 0 Å². The van der Waals surface area contributed by atoms with Crippen LogP contribution in [0.15, 0.2) is 41.0 Å². The van der Waals surface area contributed by atoms with Crippen LogP contribution in [0.25, 0.3) is 5.82 Å². The Hall–Kier alpha value is -3.16. The number of alkyl halides is 3. The van der Waals surface area contributed by atoms with Gasteiger partial charge in [-0.1, -0.05) is 23.2 Å².